The minimum Gasteiger partial charge on any atom is -0.478 e. The van der Waals surface area contributed by atoms with Gasteiger partial charge in [-0.15, -0.1) is 0 Å². The Hall–Kier alpha value is -2.50. The van der Waals surface area contributed by atoms with Gasteiger partial charge in [0.15, 0.2) is 45.6 Å². The van der Waals surface area contributed by atoms with Crippen LogP contribution in [0.5, 0.6) is 0 Å². The lowest BCUT2D eigenvalue weighted by Crippen LogP contribution is -2.16. The molecule has 168 valence electrons. The topological polar surface area (TPSA) is 129 Å². The van der Waals surface area contributed by atoms with Crippen molar-refractivity contribution in [1.29, 1.82) is 0 Å². The van der Waals surface area contributed by atoms with Gasteiger partial charge in [-0.25, -0.2) is 40.3 Å². The van der Waals surface area contributed by atoms with Gasteiger partial charge in [-0.1, -0.05) is 0 Å². The molecule has 0 radical (unpaired) electrons. The van der Waals surface area contributed by atoms with E-state index in [1.165, 1.54) is 0 Å². The second kappa shape index (κ2) is 8.56. The Morgan fingerprint density at radius 2 is 0.935 bits per heavy atom. The highest BCUT2D eigenvalue weighted by molar-refractivity contribution is 8.76. The normalized spacial score (nSPS) is 11.6. The minimum absolute atomic E-state index is 0.503. The van der Waals surface area contributed by atoms with Crippen LogP contribution in [0.1, 0.15) is 20.7 Å². The van der Waals surface area contributed by atoms with Gasteiger partial charge in [-0.05, 0) is 21.6 Å². The van der Waals surface area contributed by atoms with Crippen LogP contribution in [-0.2, 0) is 10.1 Å². The van der Waals surface area contributed by atoms with Crippen LogP contribution in [0.15, 0.2) is 14.7 Å². The predicted molar refractivity (Wildman–Crippen MR) is 88.0 cm³/mol. The molecule has 2 aromatic rings. The van der Waals surface area contributed by atoms with Crippen molar-refractivity contribution < 1.29 is 63.5 Å². The molecule has 0 atom stereocenters. The van der Waals surface area contributed by atoms with Crippen LogP contribution in [-0.4, -0.2) is 35.1 Å². The van der Waals surface area contributed by atoms with Crippen LogP contribution in [0.3, 0.4) is 0 Å². The third-order valence-electron chi connectivity index (χ3n) is 3.36. The number of carboxylic acids is 2. The minimum atomic E-state index is -5.78. The molecule has 7 nitrogen and oxygen atoms in total. The van der Waals surface area contributed by atoms with Crippen LogP contribution < -0.4 is 0 Å². The van der Waals surface area contributed by atoms with Gasteiger partial charge in [0.2, 0.25) is 0 Å². The molecule has 0 heterocycles. The lowest BCUT2D eigenvalue weighted by Gasteiger charge is -2.12. The van der Waals surface area contributed by atoms with Crippen LogP contribution in [0.25, 0.3) is 0 Å². The molecule has 0 fully saturated rings. The van der Waals surface area contributed by atoms with Gasteiger partial charge in [0.25, 0.3) is 0 Å². The Labute approximate surface area is 174 Å². The maximum absolute atomic E-state index is 14.3. The highest BCUT2D eigenvalue weighted by atomic mass is 33.1. The maximum atomic E-state index is 14.3. The fraction of sp³-hybridized carbons (Fsp3) is 0. The van der Waals surface area contributed by atoms with E-state index < -0.39 is 110 Å². The fourth-order valence-corrected chi connectivity index (χ4v) is 4.93. The molecule has 0 unspecified atom stereocenters. The molecule has 0 aliphatic carbocycles. The van der Waals surface area contributed by atoms with Gasteiger partial charge >= 0.3 is 22.1 Å². The van der Waals surface area contributed by atoms with E-state index in [9.17, 15) is 48.7 Å². The van der Waals surface area contributed by atoms with Gasteiger partial charge in [-0.3, -0.25) is 4.55 Å². The van der Waals surface area contributed by atoms with Crippen LogP contribution >= 0.6 is 21.6 Å². The molecule has 0 bridgehead atoms. The van der Waals surface area contributed by atoms with Crippen LogP contribution in [0, 0.1) is 40.7 Å². The zero-order chi connectivity index (χ0) is 24.0. The molecule has 0 aliphatic heterocycles. The van der Waals surface area contributed by atoms with Crippen LogP contribution in [0.4, 0.5) is 30.7 Å². The zero-order valence-corrected chi connectivity index (χ0v) is 16.3. The first-order valence-electron chi connectivity index (χ1n) is 6.97. The highest BCUT2D eigenvalue weighted by Gasteiger charge is 2.35. The molecule has 17 heteroatoms. The zero-order valence-electron chi connectivity index (χ0n) is 13.8. The molecule has 0 saturated carbocycles. The number of carboxylic acid groups (broad SMARTS) is 2. The number of halogens is 7. The van der Waals surface area contributed by atoms with Gasteiger partial charge in [0, 0.05) is 0 Å². The monoisotopic (exact) mass is 512 g/mol. The van der Waals surface area contributed by atoms with Gasteiger partial charge in [0.1, 0.15) is 11.1 Å². The van der Waals surface area contributed by atoms with Crippen molar-refractivity contribution in [2.75, 3.05) is 0 Å². The van der Waals surface area contributed by atoms with E-state index in [0.717, 1.165) is 0 Å². The van der Waals surface area contributed by atoms with Crippen LogP contribution in [0.2, 0.25) is 0 Å². The Morgan fingerprint density at radius 1 is 0.613 bits per heavy atom. The van der Waals surface area contributed by atoms with E-state index in [-0.39, 0.29) is 0 Å². The SMILES string of the molecule is O=C(O)c1c(F)c(F)c(SSc2c(F)c(F)c(S(=O)(=O)O)c(F)c2F)c(F)c1C(=O)O. The van der Waals surface area contributed by atoms with E-state index >= 15 is 0 Å². The molecule has 0 aromatic heterocycles. The van der Waals surface area contributed by atoms with Crippen molar-refractivity contribution in [3.05, 3.63) is 51.8 Å². The summed E-state index contributed by atoms with van der Waals surface area (Å²) in [5.41, 5.74) is -3.75. The first-order chi connectivity index (χ1) is 14.1. The molecule has 0 amide bonds. The summed E-state index contributed by atoms with van der Waals surface area (Å²) in [6.45, 7) is 0. The standard InChI is InChI=1S/C14H3F7O7S3/c15-3-1(13(22)23)2(14(24)25)4(16)10(5(3)17)29-30-11-6(18)8(20)12(31(26,27)28)9(21)7(11)19/h(H,22,23)(H,24,25)(H,26,27,28). The van der Waals surface area contributed by atoms with Crippen molar-refractivity contribution in [2.45, 2.75) is 14.7 Å². The predicted octanol–water partition coefficient (Wildman–Crippen LogP) is 4.10. The molecule has 31 heavy (non-hydrogen) atoms. The van der Waals surface area contributed by atoms with Crippen molar-refractivity contribution in [2.24, 2.45) is 0 Å². The Balaban J connectivity index is 2.66. The first kappa shape index (κ1) is 24.8. The van der Waals surface area contributed by atoms with Crippen molar-refractivity contribution in [1.82, 2.24) is 0 Å². The highest BCUT2D eigenvalue weighted by Crippen LogP contribution is 2.45. The molecule has 3 N–H and O–H groups in total. The number of benzene rings is 2. The quantitative estimate of drug-likeness (QED) is 0.227. The number of aromatic carboxylic acids is 2. The average Bonchev–Trinajstić information content (AvgIpc) is 2.63. The number of hydrogen-bond donors (Lipinski definition) is 3. The van der Waals surface area contributed by atoms with E-state index in [2.05, 4.69) is 0 Å². The van der Waals surface area contributed by atoms with Crippen molar-refractivity contribution >= 4 is 43.6 Å². The van der Waals surface area contributed by atoms with Gasteiger partial charge in [-0.2, -0.15) is 8.42 Å². The van der Waals surface area contributed by atoms with E-state index in [1.54, 1.807) is 0 Å². The molecule has 2 aromatic carbocycles. The third kappa shape index (κ3) is 4.30. The second-order valence-electron chi connectivity index (χ2n) is 5.19. The summed E-state index contributed by atoms with van der Waals surface area (Å²) in [6, 6.07) is 0. The summed E-state index contributed by atoms with van der Waals surface area (Å²) in [5, 5.41) is 17.6. The largest absolute Gasteiger partial charge is 0.478 e. The van der Waals surface area contributed by atoms with E-state index in [4.69, 9.17) is 14.8 Å². The Morgan fingerprint density at radius 3 is 1.29 bits per heavy atom. The van der Waals surface area contributed by atoms with Gasteiger partial charge < -0.3 is 10.2 Å². The van der Waals surface area contributed by atoms with Crippen molar-refractivity contribution in [3.8, 4) is 0 Å². The smallest absolute Gasteiger partial charge is 0.339 e. The summed E-state index contributed by atoms with van der Waals surface area (Å²) in [4.78, 5) is 16.2. The summed E-state index contributed by atoms with van der Waals surface area (Å²) >= 11 is 0. The number of rotatable bonds is 6. The lowest BCUT2D eigenvalue weighted by molar-refractivity contribution is 0.0640. The molecule has 0 aliphatic rings. The summed E-state index contributed by atoms with van der Waals surface area (Å²) in [7, 11) is -6.81. The van der Waals surface area contributed by atoms with Crippen molar-refractivity contribution in [3.63, 3.8) is 0 Å². The Bertz CT molecular complexity index is 1220. The fourth-order valence-electron chi connectivity index (χ4n) is 2.09. The molecular weight excluding hydrogens is 509 g/mol. The molecule has 2 rings (SSSR count). The molecule has 0 saturated heterocycles. The second-order valence-corrected chi connectivity index (χ2v) is 8.70. The average molecular weight is 512 g/mol. The first-order valence-corrected chi connectivity index (χ1v) is 10.6. The molecule has 0 spiro atoms. The molecular formula is C14H3F7O7S3. The Kier molecular flexibility index (Phi) is 6.84. The summed E-state index contributed by atoms with van der Waals surface area (Å²) in [6.07, 6.45) is 0. The van der Waals surface area contributed by atoms with E-state index in [0.29, 0.717) is 0 Å². The summed E-state index contributed by atoms with van der Waals surface area (Å²) in [5.74, 6) is -21.6. The number of hydrogen-bond acceptors (Lipinski definition) is 6. The van der Waals surface area contributed by atoms with Gasteiger partial charge in [0.05, 0.1) is 9.79 Å². The third-order valence-corrected chi connectivity index (χ3v) is 6.62. The maximum Gasteiger partial charge on any atom is 0.339 e. The lowest BCUT2D eigenvalue weighted by atomic mass is 10.1. The number of carbonyl (C=O) groups is 2. The van der Waals surface area contributed by atoms with E-state index in [1.807, 2.05) is 0 Å². The summed E-state index contributed by atoms with van der Waals surface area (Å²) < 4.78 is 128.